The Bertz CT molecular complexity index is 1570. The number of rotatable bonds is 6. The summed E-state index contributed by atoms with van der Waals surface area (Å²) >= 11 is 1.33. The number of ether oxygens (including phenoxy) is 1. The predicted molar refractivity (Wildman–Crippen MR) is 134 cm³/mol. The zero-order valence-corrected chi connectivity index (χ0v) is 21.3. The molecule has 0 bridgehead atoms. The molecule has 13 heteroatoms. The molecule has 202 valence electrons. The van der Waals surface area contributed by atoms with Crippen molar-refractivity contribution in [2.75, 3.05) is 11.9 Å². The fourth-order valence-electron chi connectivity index (χ4n) is 5.08. The topological polar surface area (TPSA) is 126 Å². The van der Waals surface area contributed by atoms with E-state index in [1.165, 1.54) is 11.8 Å². The molecule has 3 aromatic heterocycles. The first kappa shape index (κ1) is 25.3. The summed E-state index contributed by atoms with van der Waals surface area (Å²) in [5.74, 6) is -2.49. The van der Waals surface area contributed by atoms with E-state index in [0.717, 1.165) is 16.6 Å². The maximum absolute atomic E-state index is 13.5. The fraction of sp³-hybridized carbons (Fsp3) is 0.308. The molecule has 0 radical (unpaired) electrons. The van der Waals surface area contributed by atoms with Crippen LogP contribution in [0.5, 0.6) is 0 Å². The summed E-state index contributed by atoms with van der Waals surface area (Å²) in [4.78, 5) is 32.4. The number of para-hydroxylation sites is 2. The van der Waals surface area contributed by atoms with E-state index < -0.39 is 30.6 Å². The first-order chi connectivity index (χ1) is 18.7. The van der Waals surface area contributed by atoms with E-state index in [4.69, 9.17) is 4.42 Å². The number of carbonyl (C=O) groups is 2. The Kier molecular flexibility index (Phi) is 6.25. The van der Waals surface area contributed by atoms with Crippen LogP contribution in [0.1, 0.15) is 37.0 Å². The number of aromatic amines is 2. The summed E-state index contributed by atoms with van der Waals surface area (Å²) in [5, 5.41) is 11.5. The molecule has 3 unspecified atom stereocenters. The average Bonchev–Trinajstić information content (AvgIpc) is 3.64. The number of hydrogen-bond acceptors (Lipinski definition) is 8. The Morgan fingerprint density at radius 3 is 2.85 bits per heavy atom. The second-order valence-electron chi connectivity index (χ2n) is 9.63. The summed E-state index contributed by atoms with van der Waals surface area (Å²) in [6.07, 6.45) is -2.92. The van der Waals surface area contributed by atoms with Gasteiger partial charge in [0.1, 0.15) is 11.6 Å². The molecule has 0 saturated heterocycles. The number of fused-ring (bicyclic) bond motifs is 2. The molecule has 0 amide bonds. The maximum atomic E-state index is 13.5. The van der Waals surface area contributed by atoms with Crippen LogP contribution in [-0.4, -0.2) is 44.7 Å². The zero-order valence-electron chi connectivity index (χ0n) is 20.5. The first-order valence-corrected chi connectivity index (χ1v) is 13.0. The Labute approximate surface area is 223 Å². The van der Waals surface area contributed by atoms with Crippen LogP contribution >= 0.6 is 11.8 Å². The highest BCUT2D eigenvalue weighted by Crippen LogP contribution is 2.47. The van der Waals surface area contributed by atoms with Crippen molar-refractivity contribution in [3.8, 4) is 0 Å². The number of imidazole rings is 1. The predicted octanol–water partition coefficient (Wildman–Crippen LogP) is 5.56. The lowest BCUT2D eigenvalue weighted by Gasteiger charge is -2.35. The molecular weight excluding hydrogens is 535 g/mol. The van der Waals surface area contributed by atoms with Crippen molar-refractivity contribution in [2.24, 2.45) is 11.8 Å². The number of benzene rings is 1. The van der Waals surface area contributed by atoms with E-state index in [0.29, 0.717) is 39.5 Å². The van der Waals surface area contributed by atoms with Gasteiger partial charge in [-0.15, -0.1) is 0 Å². The molecule has 4 heterocycles. The van der Waals surface area contributed by atoms with Crippen molar-refractivity contribution >= 4 is 40.4 Å². The summed E-state index contributed by atoms with van der Waals surface area (Å²) in [7, 11) is 0. The van der Waals surface area contributed by atoms with Crippen molar-refractivity contribution < 1.29 is 31.9 Å². The van der Waals surface area contributed by atoms with Gasteiger partial charge in [-0.3, -0.25) is 9.89 Å². The first-order valence-electron chi connectivity index (χ1n) is 12.2. The number of esters is 1. The lowest BCUT2D eigenvalue weighted by atomic mass is 9.73. The number of carbonyl (C=O) groups excluding carboxylic acids is 2. The zero-order chi connectivity index (χ0) is 27.3. The van der Waals surface area contributed by atoms with Gasteiger partial charge in [0, 0.05) is 23.3 Å². The number of halogens is 3. The number of nitrogens with one attached hydrogen (secondary N) is 3. The van der Waals surface area contributed by atoms with Gasteiger partial charge in [0.15, 0.2) is 16.0 Å². The van der Waals surface area contributed by atoms with E-state index in [1.54, 1.807) is 13.1 Å². The SMILES string of the molecule is CC(COC(=O)C(F)(F)F)C1CC(=O)C2=C(C1)Nc1[nH]ncc1C2c1ccc(Sc2nc3ccccc3[nH]2)o1. The van der Waals surface area contributed by atoms with Gasteiger partial charge in [-0.25, -0.2) is 9.78 Å². The van der Waals surface area contributed by atoms with E-state index in [1.807, 2.05) is 36.4 Å². The van der Waals surface area contributed by atoms with E-state index in [9.17, 15) is 22.8 Å². The molecular formula is C26H22F3N5O4S. The van der Waals surface area contributed by atoms with Crippen molar-refractivity contribution in [2.45, 2.75) is 42.1 Å². The number of hydrogen-bond donors (Lipinski definition) is 3. The molecule has 0 fully saturated rings. The Morgan fingerprint density at radius 2 is 2.05 bits per heavy atom. The maximum Gasteiger partial charge on any atom is 0.490 e. The normalized spacial score (nSPS) is 19.9. The van der Waals surface area contributed by atoms with Gasteiger partial charge in [-0.2, -0.15) is 18.3 Å². The van der Waals surface area contributed by atoms with E-state index in [2.05, 4.69) is 30.2 Å². The number of aromatic nitrogens is 4. The number of H-pyrrole nitrogens is 2. The highest BCUT2D eigenvalue weighted by atomic mass is 32.2. The minimum absolute atomic E-state index is 0.107. The average molecular weight is 558 g/mol. The van der Waals surface area contributed by atoms with Crippen LogP contribution in [0.3, 0.4) is 0 Å². The molecule has 3 atom stereocenters. The molecule has 1 aliphatic carbocycles. The quantitative estimate of drug-likeness (QED) is 0.263. The third kappa shape index (κ3) is 4.82. The van der Waals surface area contributed by atoms with Crippen LogP contribution in [-0.2, 0) is 14.3 Å². The van der Waals surface area contributed by atoms with Crippen molar-refractivity contribution in [3.63, 3.8) is 0 Å². The van der Waals surface area contributed by atoms with Crippen molar-refractivity contribution in [1.29, 1.82) is 0 Å². The van der Waals surface area contributed by atoms with Crippen LogP contribution in [0, 0.1) is 11.8 Å². The van der Waals surface area contributed by atoms with Gasteiger partial charge in [-0.05, 0) is 54.3 Å². The van der Waals surface area contributed by atoms with Crippen LogP contribution in [0.4, 0.5) is 19.0 Å². The number of ketones is 1. The summed E-state index contributed by atoms with van der Waals surface area (Å²) in [6, 6.07) is 11.3. The van der Waals surface area contributed by atoms with Gasteiger partial charge in [-0.1, -0.05) is 19.1 Å². The summed E-state index contributed by atoms with van der Waals surface area (Å²) in [6.45, 7) is 1.24. The van der Waals surface area contributed by atoms with Crippen molar-refractivity contribution in [1.82, 2.24) is 20.2 Å². The molecule has 6 rings (SSSR count). The third-order valence-electron chi connectivity index (χ3n) is 7.05. The van der Waals surface area contributed by atoms with Gasteiger partial charge >= 0.3 is 12.1 Å². The number of furan rings is 1. The molecule has 4 aromatic rings. The third-order valence-corrected chi connectivity index (χ3v) is 7.86. The number of Topliss-reactive ketones (excluding diaryl/α,β-unsaturated/α-hetero) is 1. The van der Waals surface area contributed by atoms with Gasteiger partial charge in [0.2, 0.25) is 0 Å². The molecule has 1 aliphatic heterocycles. The molecule has 9 nitrogen and oxygen atoms in total. The largest absolute Gasteiger partial charge is 0.490 e. The van der Waals surface area contributed by atoms with Crippen LogP contribution in [0.2, 0.25) is 0 Å². The molecule has 39 heavy (non-hydrogen) atoms. The van der Waals surface area contributed by atoms with Crippen molar-refractivity contribution in [3.05, 3.63) is 65.2 Å². The highest BCUT2D eigenvalue weighted by molar-refractivity contribution is 7.99. The van der Waals surface area contributed by atoms with Gasteiger partial charge in [0.25, 0.3) is 0 Å². The number of anilines is 1. The number of nitrogens with zero attached hydrogens (tertiary/aromatic N) is 2. The molecule has 2 aliphatic rings. The smallest absolute Gasteiger partial charge is 0.459 e. The Morgan fingerprint density at radius 1 is 1.23 bits per heavy atom. The van der Waals surface area contributed by atoms with E-state index in [-0.39, 0.29) is 18.1 Å². The Hall–Kier alpha value is -4.00. The van der Waals surface area contributed by atoms with Gasteiger partial charge in [0.05, 0.1) is 29.8 Å². The van der Waals surface area contributed by atoms with E-state index >= 15 is 0 Å². The number of alkyl halides is 3. The minimum Gasteiger partial charge on any atom is -0.459 e. The lowest BCUT2D eigenvalue weighted by Crippen LogP contribution is -2.34. The highest BCUT2D eigenvalue weighted by Gasteiger charge is 2.43. The van der Waals surface area contributed by atoms with Crippen LogP contribution in [0.15, 0.2) is 68.5 Å². The molecule has 3 N–H and O–H groups in total. The standard InChI is InChI=1S/C26H22F3N5O4S/c1-12(11-37-24(36)26(27,28)29)13-8-17-22(18(35)9-13)21(14-10-30-34-23(14)31-17)19-6-7-20(38-19)39-25-32-15-4-2-3-5-16(15)33-25/h2-7,10,12-13,21H,8-9,11H2,1H3,(H,32,33)(H2,30,31,34). The summed E-state index contributed by atoms with van der Waals surface area (Å²) < 4.78 is 48.3. The van der Waals surface area contributed by atoms with Crippen LogP contribution in [0.25, 0.3) is 11.0 Å². The van der Waals surface area contributed by atoms with Gasteiger partial charge < -0.3 is 19.5 Å². The fourth-order valence-corrected chi connectivity index (χ4v) is 5.84. The van der Waals surface area contributed by atoms with Crippen LogP contribution < -0.4 is 5.32 Å². The monoisotopic (exact) mass is 557 g/mol. The molecule has 1 aromatic carbocycles. The lowest BCUT2D eigenvalue weighted by molar-refractivity contribution is -0.201. The second kappa shape index (κ2) is 9.63. The minimum atomic E-state index is -5.06. The molecule has 0 saturated carbocycles. The Balaban J connectivity index is 1.24. The number of allylic oxidation sites excluding steroid dienone is 2. The second-order valence-corrected chi connectivity index (χ2v) is 10.6. The summed E-state index contributed by atoms with van der Waals surface area (Å²) in [5.41, 5.74) is 3.69. The molecule has 0 spiro atoms.